The van der Waals surface area contributed by atoms with Crippen molar-refractivity contribution in [2.45, 2.75) is 6.42 Å². The van der Waals surface area contributed by atoms with Crippen molar-refractivity contribution in [3.63, 3.8) is 0 Å². The normalized spacial score (nSPS) is 10.1. The Labute approximate surface area is 158 Å². The fraction of sp³-hybridized carbons (Fsp3) is 0.136. The third kappa shape index (κ3) is 5.51. The van der Waals surface area contributed by atoms with E-state index in [1.54, 1.807) is 13.2 Å². The largest absolute Gasteiger partial charge is 0.497 e. The smallest absolute Gasteiger partial charge is 0.319 e. The average Bonchev–Trinajstić information content (AvgIpc) is 2.70. The standard InChI is InChI=1S/C22H22N2O3/c1-26-19-11-7-8-17(16-19)14-15-23-22(25)24-20-12-5-6-13-21(20)27-18-9-3-2-4-10-18/h2-13,16H,14-15H2,1H3,(H2,23,24,25). The molecule has 0 unspecified atom stereocenters. The Morgan fingerprint density at radius 1 is 0.889 bits per heavy atom. The highest BCUT2D eigenvalue weighted by Crippen LogP contribution is 2.28. The number of ether oxygens (including phenoxy) is 2. The van der Waals surface area contributed by atoms with Crippen LogP contribution in [0.3, 0.4) is 0 Å². The van der Waals surface area contributed by atoms with Crippen LogP contribution in [0.2, 0.25) is 0 Å². The molecule has 5 nitrogen and oxygen atoms in total. The van der Waals surface area contributed by atoms with Gasteiger partial charge in [-0.05, 0) is 48.4 Å². The number of rotatable bonds is 7. The lowest BCUT2D eigenvalue weighted by Gasteiger charge is -2.13. The Bertz CT molecular complexity index is 881. The van der Waals surface area contributed by atoms with E-state index in [1.807, 2.05) is 72.8 Å². The number of carbonyl (C=O) groups excluding carboxylic acids is 1. The predicted octanol–water partition coefficient (Wildman–Crippen LogP) is 4.85. The summed E-state index contributed by atoms with van der Waals surface area (Å²) in [6.07, 6.45) is 0.715. The molecule has 0 aliphatic heterocycles. The van der Waals surface area contributed by atoms with Gasteiger partial charge in [0.15, 0.2) is 5.75 Å². The van der Waals surface area contributed by atoms with Gasteiger partial charge >= 0.3 is 6.03 Å². The molecule has 3 aromatic carbocycles. The van der Waals surface area contributed by atoms with Gasteiger partial charge in [0.25, 0.3) is 0 Å². The molecule has 0 bridgehead atoms. The van der Waals surface area contributed by atoms with Crippen LogP contribution in [0, 0.1) is 0 Å². The fourth-order valence-corrected chi connectivity index (χ4v) is 2.59. The Hall–Kier alpha value is -3.47. The predicted molar refractivity (Wildman–Crippen MR) is 107 cm³/mol. The molecule has 0 fully saturated rings. The van der Waals surface area contributed by atoms with Crippen LogP contribution in [-0.4, -0.2) is 19.7 Å². The van der Waals surface area contributed by atoms with Crippen molar-refractivity contribution in [3.8, 4) is 17.2 Å². The van der Waals surface area contributed by atoms with E-state index < -0.39 is 0 Å². The van der Waals surface area contributed by atoms with Crippen molar-refractivity contribution in [3.05, 3.63) is 84.4 Å². The van der Waals surface area contributed by atoms with E-state index in [0.29, 0.717) is 30.2 Å². The highest BCUT2D eigenvalue weighted by Gasteiger charge is 2.08. The minimum Gasteiger partial charge on any atom is -0.497 e. The number of carbonyl (C=O) groups is 1. The van der Waals surface area contributed by atoms with Crippen LogP contribution in [0.25, 0.3) is 0 Å². The highest BCUT2D eigenvalue weighted by molar-refractivity contribution is 5.90. The minimum atomic E-state index is -0.276. The number of hydrogen-bond donors (Lipinski definition) is 2. The Kier molecular flexibility index (Phi) is 6.30. The molecular formula is C22H22N2O3. The van der Waals surface area contributed by atoms with Gasteiger partial charge in [-0.2, -0.15) is 0 Å². The van der Waals surface area contributed by atoms with E-state index >= 15 is 0 Å². The van der Waals surface area contributed by atoms with Gasteiger partial charge in [-0.25, -0.2) is 4.79 Å². The van der Waals surface area contributed by atoms with Crippen LogP contribution in [0.1, 0.15) is 5.56 Å². The highest BCUT2D eigenvalue weighted by atomic mass is 16.5. The number of benzene rings is 3. The molecule has 138 valence electrons. The quantitative estimate of drug-likeness (QED) is 0.631. The first-order valence-corrected chi connectivity index (χ1v) is 8.74. The maximum absolute atomic E-state index is 12.2. The number of urea groups is 1. The molecule has 27 heavy (non-hydrogen) atoms. The molecule has 3 rings (SSSR count). The molecule has 0 aliphatic carbocycles. The summed E-state index contributed by atoms with van der Waals surface area (Å²) in [6.45, 7) is 0.515. The lowest BCUT2D eigenvalue weighted by atomic mass is 10.1. The third-order valence-corrected chi connectivity index (χ3v) is 3.94. The van der Waals surface area contributed by atoms with Crippen molar-refractivity contribution < 1.29 is 14.3 Å². The van der Waals surface area contributed by atoms with Gasteiger partial charge in [0.1, 0.15) is 11.5 Å². The summed E-state index contributed by atoms with van der Waals surface area (Å²) < 4.78 is 11.1. The van der Waals surface area contributed by atoms with Crippen molar-refractivity contribution in [1.29, 1.82) is 0 Å². The third-order valence-electron chi connectivity index (χ3n) is 3.94. The Balaban J connectivity index is 1.55. The van der Waals surface area contributed by atoms with Gasteiger partial charge in [0.05, 0.1) is 12.8 Å². The van der Waals surface area contributed by atoms with Gasteiger partial charge in [-0.1, -0.05) is 42.5 Å². The number of anilines is 1. The molecule has 0 atom stereocenters. The topological polar surface area (TPSA) is 59.6 Å². The van der Waals surface area contributed by atoms with Crippen LogP contribution in [0.5, 0.6) is 17.2 Å². The van der Waals surface area contributed by atoms with E-state index in [1.165, 1.54) is 0 Å². The van der Waals surface area contributed by atoms with Crippen LogP contribution >= 0.6 is 0 Å². The second-order valence-electron chi connectivity index (χ2n) is 5.89. The molecule has 0 aromatic heterocycles. The Morgan fingerprint density at radius 3 is 2.44 bits per heavy atom. The number of nitrogens with one attached hydrogen (secondary N) is 2. The summed E-state index contributed by atoms with van der Waals surface area (Å²) in [7, 11) is 1.64. The zero-order valence-electron chi connectivity index (χ0n) is 15.1. The molecule has 0 saturated carbocycles. The van der Waals surface area contributed by atoms with Crippen LogP contribution in [0.4, 0.5) is 10.5 Å². The van der Waals surface area contributed by atoms with E-state index in [0.717, 1.165) is 11.3 Å². The van der Waals surface area contributed by atoms with E-state index in [4.69, 9.17) is 9.47 Å². The number of hydrogen-bond acceptors (Lipinski definition) is 3. The molecule has 0 heterocycles. The lowest BCUT2D eigenvalue weighted by molar-refractivity contribution is 0.252. The maximum atomic E-state index is 12.2. The van der Waals surface area contributed by atoms with Crippen LogP contribution in [0.15, 0.2) is 78.9 Å². The van der Waals surface area contributed by atoms with Gasteiger partial charge < -0.3 is 20.1 Å². The average molecular weight is 362 g/mol. The van der Waals surface area contributed by atoms with Crippen LogP contribution < -0.4 is 20.1 Å². The molecule has 2 amide bonds. The lowest BCUT2D eigenvalue weighted by Crippen LogP contribution is -2.30. The zero-order valence-corrected chi connectivity index (χ0v) is 15.1. The summed E-state index contributed by atoms with van der Waals surface area (Å²) in [4.78, 5) is 12.2. The molecule has 0 saturated heterocycles. The van der Waals surface area contributed by atoms with Gasteiger partial charge in [-0.15, -0.1) is 0 Å². The van der Waals surface area contributed by atoms with Gasteiger partial charge in [0, 0.05) is 6.54 Å². The van der Waals surface area contributed by atoms with Crippen molar-refractivity contribution in [2.75, 3.05) is 19.0 Å². The molecular weight excluding hydrogens is 340 g/mol. The zero-order chi connectivity index (χ0) is 18.9. The first-order chi connectivity index (χ1) is 13.2. The van der Waals surface area contributed by atoms with Crippen molar-refractivity contribution >= 4 is 11.7 Å². The molecule has 0 aliphatic rings. The number of para-hydroxylation sites is 3. The summed E-state index contributed by atoms with van der Waals surface area (Å²) in [5, 5.41) is 5.70. The SMILES string of the molecule is COc1cccc(CCNC(=O)Nc2ccccc2Oc2ccccc2)c1. The monoisotopic (exact) mass is 362 g/mol. The molecule has 0 radical (unpaired) electrons. The fourth-order valence-electron chi connectivity index (χ4n) is 2.59. The maximum Gasteiger partial charge on any atom is 0.319 e. The molecule has 3 aromatic rings. The van der Waals surface area contributed by atoms with E-state index in [2.05, 4.69) is 10.6 Å². The van der Waals surface area contributed by atoms with Crippen molar-refractivity contribution in [1.82, 2.24) is 5.32 Å². The van der Waals surface area contributed by atoms with E-state index in [9.17, 15) is 4.79 Å². The van der Waals surface area contributed by atoms with Gasteiger partial charge in [-0.3, -0.25) is 0 Å². The molecule has 5 heteroatoms. The summed E-state index contributed by atoms with van der Waals surface area (Å²) >= 11 is 0. The summed E-state index contributed by atoms with van der Waals surface area (Å²) in [5.74, 6) is 2.11. The number of amides is 2. The number of methoxy groups -OCH3 is 1. The van der Waals surface area contributed by atoms with Crippen LogP contribution in [-0.2, 0) is 6.42 Å². The first-order valence-electron chi connectivity index (χ1n) is 8.74. The minimum absolute atomic E-state index is 0.276. The first kappa shape index (κ1) is 18.3. The summed E-state index contributed by atoms with van der Waals surface area (Å²) in [5.41, 5.74) is 1.71. The van der Waals surface area contributed by atoms with Crippen molar-refractivity contribution in [2.24, 2.45) is 0 Å². The molecule has 0 spiro atoms. The second kappa shape index (κ2) is 9.29. The van der Waals surface area contributed by atoms with Gasteiger partial charge in [0.2, 0.25) is 0 Å². The second-order valence-corrected chi connectivity index (χ2v) is 5.89. The molecule has 2 N–H and O–H groups in total. The Morgan fingerprint density at radius 2 is 1.63 bits per heavy atom. The van der Waals surface area contributed by atoms with E-state index in [-0.39, 0.29) is 6.03 Å². The summed E-state index contributed by atoms with van der Waals surface area (Å²) in [6, 6.07) is 24.3.